The van der Waals surface area contributed by atoms with Crippen molar-refractivity contribution in [2.75, 3.05) is 18.1 Å². The summed E-state index contributed by atoms with van der Waals surface area (Å²) in [4.78, 5) is 0. The van der Waals surface area contributed by atoms with Gasteiger partial charge in [-0.25, -0.2) is 8.42 Å². The molecular formula is C13H20ClNO2S. The molecule has 0 aliphatic heterocycles. The molecule has 18 heavy (non-hydrogen) atoms. The van der Waals surface area contributed by atoms with E-state index in [9.17, 15) is 8.42 Å². The first-order valence-electron chi connectivity index (χ1n) is 6.15. The van der Waals surface area contributed by atoms with E-state index in [1.807, 2.05) is 25.1 Å². The van der Waals surface area contributed by atoms with Gasteiger partial charge in [0.2, 0.25) is 0 Å². The summed E-state index contributed by atoms with van der Waals surface area (Å²) in [6, 6.07) is 7.46. The molecule has 1 atom stereocenters. The third-order valence-electron chi connectivity index (χ3n) is 2.92. The Bertz CT molecular complexity index is 474. The monoisotopic (exact) mass is 289 g/mol. The topological polar surface area (TPSA) is 60.2 Å². The fourth-order valence-corrected chi connectivity index (χ4v) is 3.70. The Morgan fingerprint density at radius 3 is 2.50 bits per heavy atom. The van der Waals surface area contributed by atoms with Crippen LogP contribution in [0.4, 0.5) is 0 Å². The van der Waals surface area contributed by atoms with Crippen molar-refractivity contribution < 1.29 is 8.42 Å². The first kappa shape index (κ1) is 15.5. The van der Waals surface area contributed by atoms with Crippen molar-refractivity contribution in [2.45, 2.75) is 25.7 Å². The Morgan fingerprint density at radius 1 is 1.28 bits per heavy atom. The van der Waals surface area contributed by atoms with Gasteiger partial charge in [0.25, 0.3) is 0 Å². The largest absolute Gasteiger partial charge is 0.330 e. The highest BCUT2D eigenvalue weighted by Gasteiger charge is 2.17. The number of nitrogens with two attached hydrogens (primary N) is 1. The zero-order valence-electron chi connectivity index (χ0n) is 10.6. The Hall–Kier alpha value is -0.580. The van der Waals surface area contributed by atoms with Crippen molar-refractivity contribution in [1.29, 1.82) is 0 Å². The molecule has 0 heterocycles. The van der Waals surface area contributed by atoms with Crippen molar-refractivity contribution in [2.24, 2.45) is 5.73 Å². The second kappa shape index (κ2) is 7.12. The Labute approximate surface area is 114 Å². The van der Waals surface area contributed by atoms with Gasteiger partial charge in [0, 0.05) is 10.8 Å². The van der Waals surface area contributed by atoms with Gasteiger partial charge in [0.15, 0.2) is 0 Å². The van der Waals surface area contributed by atoms with E-state index in [0.717, 1.165) is 5.56 Å². The summed E-state index contributed by atoms with van der Waals surface area (Å²) in [5.41, 5.74) is 6.66. The molecule has 0 bridgehead atoms. The SMILES string of the molecule is CCCS(=O)(=O)CCC(CN)c1ccccc1Cl. The van der Waals surface area contributed by atoms with Crippen molar-refractivity contribution in [1.82, 2.24) is 0 Å². The van der Waals surface area contributed by atoms with Crippen LogP contribution in [0.1, 0.15) is 31.2 Å². The number of halogens is 1. The molecule has 0 aliphatic rings. The maximum Gasteiger partial charge on any atom is 0.150 e. The van der Waals surface area contributed by atoms with Gasteiger partial charge < -0.3 is 5.73 Å². The van der Waals surface area contributed by atoms with E-state index in [0.29, 0.717) is 24.4 Å². The summed E-state index contributed by atoms with van der Waals surface area (Å²) in [6.45, 7) is 2.28. The first-order chi connectivity index (χ1) is 8.50. The minimum absolute atomic E-state index is 0.00494. The van der Waals surface area contributed by atoms with Crippen LogP contribution in [-0.4, -0.2) is 26.5 Å². The summed E-state index contributed by atoms with van der Waals surface area (Å²) in [5, 5.41) is 0.654. The maximum absolute atomic E-state index is 11.7. The van der Waals surface area contributed by atoms with Gasteiger partial charge in [-0.3, -0.25) is 0 Å². The van der Waals surface area contributed by atoms with E-state index in [1.54, 1.807) is 6.07 Å². The molecular weight excluding hydrogens is 270 g/mol. The average molecular weight is 290 g/mol. The lowest BCUT2D eigenvalue weighted by Gasteiger charge is -2.16. The van der Waals surface area contributed by atoms with Crippen molar-refractivity contribution in [3.05, 3.63) is 34.9 Å². The van der Waals surface area contributed by atoms with E-state index in [2.05, 4.69) is 0 Å². The Morgan fingerprint density at radius 2 is 1.94 bits per heavy atom. The summed E-state index contributed by atoms with van der Waals surface area (Å²) < 4.78 is 23.4. The molecule has 0 radical (unpaired) electrons. The lowest BCUT2D eigenvalue weighted by atomic mass is 9.97. The fraction of sp³-hybridized carbons (Fsp3) is 0.538. The van der Waals surface area contributed by atoms with Crippen LogP contribution in [-0.2, 0) is 9.84 Å². The van der Waals surface area contributed by atoms with Crippen LogP contribution in [0.2, 0.25) is 5.02 Å². The smallest absolute Gasteiger partial charge is 0.150 e. The van der Waals surface area contributed by atoms with Gasteiger partial charge in [-0.1, -0.05) is 36.7 Å². The maximum atomic E-state index is 11.7. The third-order valence-corrected chi connectivity index (χ3v) is 5.15. The highest BCUT2D eigenvalue weighted by molar-refractivity contribution is 7.91. The number of hydrogen-bond donors (Lipinski definition) is 1. The van der Waals surface area contributed by atoms with Crippen molar-refractivity contribution >= 4 is 21.4 Å². The van der Waals surface area contributed by atoms with Gasteiger partial charge in [0.1, 0.15) is 9.84 Å². The standard InChI is InChI=1S/C13H20ClNO2S/c1-2-8-18(16,17)9-7-11(10-15)12-5-3-4-6-13(12)14/h3-6,11H,2,7-10,15H2,1H3. The van der Waals surface area contributed by atoms with E-state index in [4.69, 9.17) is 17.3 Å². The number of hydrogen-bond acceptors (Lipinski definition) is 3. The highest BCUT2D eigenvalue weighted by atomic mass is 35.5. The van der Waals surface area contributed by atoms with Crippen molar-refractivity contribution in [3.8, 4) is 0 Å². The van der Waals surface area contributed by atoms with E-state index >= 15 is 0 Å². The minimum Gasteiger partial charge on any atom is -0.330 e. The molecule has 2 N–H and O–H groups in total. The molecule has 1 unspecified atom stereocenters. The molecule has 5 heteroatoms. The predicted octanol–water partition coefficient (Wildman–Crippen LogP) is 2.60. The summed E-state index contributed by atoms with van der Waals surface area (Å²) >= 11 is 6.10. The van der Waals surface area contributed by atoms with Crippen LogP contribution in [0.15, 0.2) is 24.3 Å². The number of benzene rings is 1. The molecule has 1 aromatic carbocycles. The fourth-order valence-electron chi connectivity index (χ4n) is 1.94. The van der Waals surface area contributed by atoms with Crippen LogP contribution < -0.4 is 5.73 Å². The second-order valence-electron chi connectivity index (χ2n) is 4.39. The zero-order chi connectivity index (χ0) is 13.6. The Balaban J connectivity index is 2.72. The van der Waals surface area contributed by atoms with E-state index in [-0.39, 0.29) is 17.4 Å². The third kappa shape index (κ3) is 4.59. The van der Waals surface area contributed by atoms with Crippen LogP contribution in [0.5, 0.6) is 0 Å². The molecule has 0 amide bonds. The van der Waals surface area contributed by atoms with Gasteiger partial charge in [-0.05, 0) is 36.9 Å². The number of rotatable bonds is 7. The van der Waals surface area contributed by atoms with Crippen LogP contribution in [0.3, 0.4) is 0 Å². The van der Waals surface area contributed by atoms with Crippen LogP contribution in [0.25, 0.3) is 0 Å². The predicted molar refractivity (Wildman–Crippen MR) is 76.8 cm³/mol. The van der Waals surface area contributed by atoms with Gasteiger partial charge in [-0.2, -0.15) is 0 Å². The van der Waals surface area contributed by atoms with E-state index < -0.39 is 9.84 Å². The summed E-state index contributed by atoms with van der Waals surface area (Å²) in [5.74, 6) is 0.422. The minimum atomic E-state index is -2.96. The lowest BCUT2D eigenvalue weighted by Crippen LogP contribution is -2.19. The Kier molecular flexibility index (Phi) is 6.12. The van der Waals surface area contributed by atoms with Gasteiger partial charge in [0.05, 0.1) is 5.75 Å². The molecule has 3 nitrogen and oxygen atoms in total. The average Bonchev–Trinajstić information content (AvgIpc) is 2.32. The van der Waals surface area contributed by atoms with Crippen LogP contribution >= 0.6 is 11.6 Å². The highest BCUT2D eigenvalue weighted by Crippen LogP contribution is 2.26. The molecule has 0 spiro atoms. The molecule has 1 rings (SSSR count). The molecule has 102 valence electrons. The summed E-state index contributed by atoms with van der Waals surface area (Å²) in [6.07, 6.45) is 1.18. The summed E-state index contributed by atoms with van der Waals surface area (Å²) in [7, 11) is -2.96. The lowest BCUT2D eigenvalue weighted by molar-refractivity contribution is 0.583. The normalized spacial score (nSPS) is 13.5. The quantitative estimate of drug-likeness (QED) is 0.839. The molecule has 0 saturated carbocycles. The van der Waals surface area contributed by atoms with Crippen molar-refractivity contribution in [3.63, 3.8) is 0 Å². The zero-order valence-corrected chi connectivity index (χ0v) is 12.2. The van der Waals surface area contributed by atoms with Crippen LogP contribution in [0, 0.1) is 0 Å². The van der Waals surface area contributed by atoms with Gasteiger partial charge in [-0.15, -0.1) is 0 Å². The first-order valence-corrected chi connectivity index (χ1v) is 8.35. The molecule has 0 aliphatic carbocycles. The molecule has 0 saturated heterocycles. The molecule has 1 aromatic rings. The van der Waals surface area contributed by atoms with Gasteiger partial charge >= 0.3 is 0 Å². The number of sulfone groups is 1. The molecule has 0 aromatic heterocycles. The molecule has 0 fully saturated rings. The second-order valence-corrected chi connectivity index (χ2v) is 7.11. The van der Waals surface area contributed by atoms with E-state index in [1.165, 1.54) is 0 Å².